The molecular formula is C13H13ClO2. The molecule has 16 heavy (non-hydrogen) atoms. The molecule has 0 bridgehead atoms. The highest BCUT2D eigenvalue weighted by Gasteiger charge is 2.14. The minimum atomic E-state index is 0.339. The van der Waals surface area contributed by atoms with Crippen LogP contribution >= 0.6 is 11.6 Å². The van der Waals surface area contributed by atoms with Gasteiger partial charge < -0.3 is 9.47 Å². The van der Waals surface area contributed by atoms with Gasteiger partial charge in [-0.1, -0.05) is 18.8 Å². The van der Waals surface area contributed by atoms with Crippen LogP contribution in [0.1, 0.15) is 12.5 Å². The van der Waals surface area contributed by atoms with Crippen molar-refractivity contribution in [2.75, 3.05) is 19.1 Å². The molecule has 1 atom stereocenters. The number of fused-ring (bicyclic) bond motifs is 1. The van der Waals surface area contributed by atoms with Gasteiger partial charge in [-0.25, -0.2) is 0 Å². The zero-order chi connectivity index (χ0) is 11.4. The van der Waals surface area contributed by atoms with Gasteiger partial charge in [-0.15, -0.1) is 11.6 Å². The van der Waals surface area contributed by atoms with Crippen LogP contribution in [0.5, 0.6) is 11.5 Å². The average molecular weight is 237 g/mol. The van der Waals surface area contributed by atoms with Crippen LogP contribution in [-0.4, -0.2) is 19.1 Å². The number of hydrogen-bond donors (Lipinski definition) is 0. The summed E-state index contributed by atoms with van der Waals surface area (Å²) in [5.74, 6) is 8.08. The normalized spacial score (nSPS) is 18.2. The Hall–Kier alpha value is -1.33. The van der Waals surface area contributed by atoms with Crippen LogP contribution in [0.15, 0.2) is 18.2 Å². The van der Waals surface area contributed by atoms with Crippen LogP contribution in [0.4, 0.5) is 0 Å². The summed E-state index contributed by atoms with van der Waals surface area (Å²) >= 11 is 5.51. The zero-order valence-corrected chi connectivity index (χ0v) is 9.88. The monoisotopic (exact) mass is 236 g/mol. The lowest BCUT2D eigenvalue weighted by molar-refractivity contribution is 0.228. The van der Waals surface area contributed by atoms with Crippen LogP contribution < -0.4 is 9.47 Å². The van der Waals surface area contributed by atoms with Gasteiger partial charge in [-0.3, -0.25) is 0 Å². The van der Waals surface area contributed by atoms with Crippen LogP contribution in [0.25, 0.3) is 0 Å². The summed E-state index contributed by atoms with van der Waals surface area (Å²) in [7, 11) is 0. The Morgan fingerprint density at radius 1 is 1.31 bits per heavy atom. The first kappa shape index (κ1) is 11.2. The third-order valence-electron chi connectivity index (χ3n) is 2.29. The molecule has 0 amide bonds. The Labute approximate surface area is 101 Å². The molecule has 0 aliphatic carbocycles. The first-order valence-electron chi connectivity index (χ1n) is 5.24. The number of benzene rings is 1. The van der Waals surface area contributed by atoms with E-state index >= 15 is 0 Å². The Bertz CT molecular complexity index is 431. The second kappa shape index (κ2) is 5.14. The SMILES string of the molecule is CC1COc2ccc(C#CCCl)cc2OC1. The first-order chi connectivity index (χ1) is 7.79. The van der Waals surface area contributed by atoms with Crippen molar-refractivity contribution in [2.45, 2.75) is 6.92 Å². The summed E-state index contributed by atoms with van der Waals surface area (Å²) in [5.41, 5.74) is 0.901. The Morgan fingerprint density at radius 2 is 2.06 bits per heavy atom. The van der Waals surface area contributed by atoms with E-state index in [1.807, 2.05) is 18.2 Å². The quantitative estimate of drug-likeness (QED) is 0.509. The molecule has 0 saturated heterocycles. The maximum atomic E-state index is 5.66. The van der Waals surface area contributed by atoms with Crippen LogP contribution in [0, 0.1) is 17.8 Å². The zero-order valence-electron chi connectivity index (χ0n) is 9.13. The lowest BCUT2D eigenvalue weighted by atomic mass is 10.2. The van der Waals surface area contributed by atoms with Crippen molar-refractivity contribution in [3.05, 3.63) is 23.8 Å². The van der Waals surface area contributed by atoms with Crippen LogP contribution in [-0.2, 0) is 0 Å². The lowest BCUT2D eigenvalue weighted by Crippen LogP contribution is -2.12. The molecule has 0 saturated carbocycles. The Morgan fingerprint density at radius 3 is 2.81 bits per heavy atom. The molecule has 0 N–H and O–H groups in total. The van der Waals surface area contributed by atoms with E-state index in [0.717, 1.165) is 17.1 Å². The Kier molecular flexibility index (Phi) is 3.58. The standard InChI is InChI=1S/C13H13ClO2/c1-10-8-15-12-5-4-11(3-2-6-14)7-13(12)16-9-10/h4-5,7,10H,6,8-9H2,1H3. The predicted molar refractivity (Wildman–Crippen MR) is 64.2 cm³/mol. The first-order valence-corrected chi connectivity index (χ1v) is 5.77. The molecule has 2 rings (SSSR count). The number of hydrogen-bond acceptors (Lipinski definition) is 2. The fourth-order valence-electron chi connectivity index (χ4n) is 1.47. The number of ether oxygens (including phenoxy) is 2. The van der Waals surface area contributed by atoms with Crippen LogP contribution in [0.3, 0.4) is 0 Å². The van der Waals surface area contributed by atoms with Crippen molar-refractivity contribution >= 4 is 11.6 Å². The van der Waals surface area contributed by atoms with Crippen molar-refractivity contribution in [1.29, 1.82) is 0 Å². The van der Waals surface area contributed by atoms with Gasteiger partial charge >= 0.3 is 0 Å². The molecule has 1 aliphatic rings. The molecule has 0 radical (unpaired) electrons. The van der Waals surface area contributed by atoms with E-state index in [4.69, 9.17) is 21.1 Å². The lowest BCUT2D eigenvalue weighted by Gasteiger charge is -2.06. The summed E-state index contributed by atoms with van der Waals surface area (Å²) in [6, 6.07) is 5.70. The molecule has 1 aromatic carbocycles. The highest BCUT2D eigenvalue weighted by Crippen LogP contribution is 2.30. The van der Waals surface area contributed by atoms with Gasteiger partial charge in [0.1, 0.15) is 0 Å². The molecule has 0 aromatic heterocycles. The predicted octanol–water partition coefficient (Wildman–Crippen LogP) is 2.68. The van der Waals surface area contributed by atoms with Gasteiger partial charge in [0.25, 0.3) is 0 Å². The van der Waals surface area contributed by atoms with Crippen molar-refractivity contribution < 1.29 is 9.47 Å². The van der Waals surface area contributed by atoms with Gasteiger partial charge in [0, 0.05) is 11.5 Å². The maximum absolute atomic E-state index is 5.66. The van der Waals surface area contributed by atoms with Crippen LogP contribution in [0.2, 0.25) is 0 Å². The third-order valence-corrected chi connectivity index (χ3v) is 2.42. The topological polar surface area (TPSA) is 18.5 Å². The van der Waals surface area contributed by atoms with Crippen molar-refractivity contribution in [1.82, 2.24) is 0 Å². The molecule has 1 aliphatic heterocycles. The largest absolute Gasteiger partial charge is 0.489 e. The van der Waals surface area contributed by atoms with E-state index in [2.05, 4.69) is 18.8 Å². The molecule has 0 fully saturated rings. The number of halogens is 1. The highest BCUT2D eigenvalue weighted by atomic mass is 35.5. The van der Waals surface area contributed by atoms with Crippen molar-refractivity contribution in [2.24, 2.45) is 5.92 Å². The molecule has 84 valence electrons. The molecule has 1 unspecified atom stereocenters. The van der Waals surface area contributed by atoms with E-state index in [1.165, 1.54) is 0 Å². The summed E-state index contributed by atoms with van der Waals surface area (Å²) in [5, 5.41) is 0. The smallest absolute Gasteiger partial charge is 0.162 e. The second-order valence-electron chi connectivity index (χ2n) is 3.82. The highest BCUT2D eigenvalue weighted by molar-refractivity contribution is 6.19. The van der Waals surface area contributed by atoms with Gasteiger partial charge in [0.05, 0.1) is 19.1 Å². The number of rotatable bonds is 0. The van der Waals surface area contributed by atoms with Gasteiger partial charge in [-0.05, 0) is 18.2 Å². The summed E-state index contributed by atoms with van der Waals surface area (Å²) in [6.45, 7) is 3.47. The molecular weight excluding hydrogens is 224 g/mol. The van der Waals surface area contributed by atoms with Gasteiger partial charge in [0.2, 0.25) is 0 Å². The van der Waals surface area contributed by atoms with Crippen molar-refractivity contribution in [3.63, 3.8) is 0 Å². The van der Waals surface area contributed by atoms with E-state index in [9.17, 15) is 0 Å². The maximum Gasteiger partial charge on any atom is 0.162 e. The van der Waals surface area contributed by atoms with E-state index in [1.54, 1.807) is 0 Å². The van der Waals surface area contributed by atoms with E-state index < -0.39 is 0 Å². The average Bonchev–Trinajstić information content (AvgIpc) is 2.49. The second-order valence-corrected chi connectivity index (χ2v) is 4.09. The Balaban J connectivity index is 2.25. The van der Waals surface area contributed by atoms with E-state index in [0.29, 0.717) is 25.0 Å². The molecule has 1 aromatic rings. The van der Waals surface area contributed by atoms with Gasteiger partial charge in [-0.2, -0.15) is 0 Å². The molecule has 0 spiro atoms. The summed E-state index contributed by atoms with van der Waals surface area (Å²) in [6.07, 6.45) is 0. The molecule has 3 heteroatoms. The summed E-state index contributed by atoms with van der Waals surface area (Å²) in [4.78, 5) is 0. The number of alkyl halides is 1. The van der Waals surface area contributed by atoms with E-state index in [-0.39, 0.29) is 0 Å². The third kappa shape index (κ3) is 2.62. The fraction of sp³-hybridized carbons (Fsp3) is 0.385. The molecule has 1 heterocycles. The van der Waals surface area contributed by atoms with Crippen molar-refractivity contribution in [3.8, 4) is 23.3 Å². The minimum Gasteiger partial charge on any atom is -0.489 e. The van der Waals surface area contributed by atoms with Gasteiger partial charge in [0.15, 0.2) is 11.5 Å². The molecule has 2 nitrogen and oxygen atoms in total. The fourth-order valence-corrected chi connectivity index (χ4v) is 1.53. The summed E-state index contributed by atoms with van der Waals surface area (Å²) < 4.78 is 11.3. The minimum absolute atomic E-state index is 0.339.